The third kappa shape index (κ3) is 2.85. The predicted molar refractivity (Wildman–Crippen MR) is 49.0 cm³/mol. The van der Waals surface area contributed by atoms with Gasteiger partial charge in [0.1, 0.15) is 5.76 Å². The van der Waals surface area contributed by atoms with Gasteiger partial charge in [0.25, 0.3) is 0 Å². The molecule has 0 spiro atoms. The van der Waals surface area contributed by atoms with E-state index < -0.39 is 0 Å². The molecule has 0 radical (unpaired) electrons. The normalized spacial score (nSPS) is 11.1. The number of thioether (sulfide) groups is 1. The smallest absolute Gasteiger partial charge is 0.160 e. The highest BCUT2D eigenvalue weighted by atomic mass is 32.2. The van der Waals surface area contributed by atoms with Crippen LogP contribution in [-0.4, -0.2) is 5.75 Å². The van der Waals surface area contributed by atoms with Crippen LogP contribution in [0.5, 0.6) is 0 Å². The van der Waals surface area contributed by atoms with Crippen LogP contribution in [0.25, 0.3) is 0 Å². The second kappa shape index (κ2) is 4.29. The fourth-order valence-electron chi connectivity index (χ4n) is 0.716. The van der Waals surface area contributed by atoms with Crippen LogP contribution in [0.1, 0.15) is 12.7 Å². The van der Waals surface area contributed by atoms with E-state index in [1.165, 1.54) is 0 Å². The van der Waals surface area contributed by atoms with E-state index in [-0.39, 0.29) is 0 Å². The lowest BCUT2D eigenvalue weighted by atomic mass is 10.5. The summed E-state index contributed by atoms with van der Waals surface area (Å²) in [4.78, 5) is 0. The number of allylic oxidation sites excluding steroid dienone is 1. The number of furan rings is 1. The van der Waals surface area contributed by atoms with Gasteiger partial charge in [0, 0.05) is 5.75 Å². The molecule has 0 unspecified atom stereocenters. The molecule has 0 atom stereocenters. The average Bonchev–Trinajstić information content (AvgIpc) is 2.37. The number of rotatable bonds is 3. The maximum absolute atomic E-state index is 5.36. The molecule has 0 saturated carbocycles. The summed E-state index contributed by atoms with van der Waals surface area (Å²) in [7, 11) is 0. The van der Waals surface area contributed by atoms with Gasteiger partial charge in [-0.3, -0.25) is 0 Å². The van der Waals surface area contributed by atoms with Crippen LogP contribution in [0.3, 0.4) is 0 Å². The third-order valence-electron chi connectivity index (χ3n) is 1.27. The SMILES string of the molecule is C/C=C/CSc1ccc(C)o1. The van der Waals surface area contributed by atoms with E-state index in [1.807, 2.05) is 32.1 Å². The molecule has 60 valence electrons. The number of aryl methyl sites for hydroxylation is 1. The second-order valence-electron chi connectivity index (χ2n) is 2.25. The minimum atomic E-state index is 0.980. The van der Waals surface area contributed by atoms with E-state index in [0.717, 1.165) is 16.6 Å². The zero-order valence-corrected chi connectivity index (χ0v) is 7.65. The van der Waals surface area contributed by atoms with Gasteiger partial charge < -0.3 is 4.42 Å². The molecule has 0 saturated heterocycles. The maximum Gasteiger partial charge on any atom is 0.160 e. The first-order valence-corrected chi connectivity index (χ1v) is 4.62. The first-order valence-electron chi connectivity index (χ1n) is 3.63. The molecule has 0 amide bonds. The lowest BCUT2D eigenvalue weighted by molar-refractivity contribution is 0.449. The highest BCUT2D eigenvalue weighted by Crippen LogP contribution is 2.20. The molecule has 0 aliphatic heterocycles. The second-order valence-corrected chi connectivity index (χ2v) is 3.27. The third-order valence-corrected chi connectivity index (χ3v) is 2.14. The molecular formula is C9H12OS. The van der Waals surface area contributed by atoms with Crippen LogP contribution in [0.4, 0.5) is 0 Å². The van der Waals surface area contributed by atoms with Gasteiger partial charge in [-0.05, 0) is 26.0 Å². The molecule has 0 aromatic carbocycles. The average molecular weight is 168 g/mol. The zero-order valence-electron chi connectivity index (χ0n) is 6.83. The Kier molecular flexibility index (Phi) is 3.30. The molecule has 1 heterocycles. The van der Waals surface area contributed by atoms with Gasteiger partial charge in [-0.1, -0.05) is 23.9 Å². The van der Waals surface area contributed by atoms with Crippen LogP contribution < -0.4 is 0 Å². The van der Waals surface area contributed by atoms with E-state index in [2.05, 4.69) is 6.08 Å². The summed E-state index contributed by atoms with van der Waals surface area (Å²) in [6.45, 7) is 3.98. The Morgan fingerprint density at radius 2 is 2.36 bits per heavy atom. The minimum absolute atomic E-state index is 0.980. The van der Waals surface area contributed by atoms with Crippen molar-refractivity contribution in [1.29, 1.82) is 0 Å². The fourth-order valence-corrected chi connectivity index (χ4v) is 1.52. The molecule has 0 aliphatic carbocycles. The van der Waals surface area contributed by atoms with E-state index in [9.17, 15) is 0 Å². The molecule has 1 aromatic rings. The molecule has 11 heavy (non-hydrogen) atoms. The number of hydrogen-bond donors (Lipinski definition) is 0. The van der Waals surface area contributed by atoms with Gasteiger partial charge in [-0.2, -0.15) is 0 Å². The van der Waals surface area contributed by atoms with Crippen molar-refractivity contribution in [2.75, 3.05) is 5.75 Å². The first-order chi connectivity index (χ1) is 5.33. The molecule has 0 bridgehead atoms. The Morgan fingerprint density at radius 3 is 2.91 bits per heavy atom. The molecule has 0 aliphatic rings. The zero-order chi connectivity index (χ0) is 8.10. The monoisotopic (exact) mass is 168 g/mol. The molecule has 1 nitrogen and oxygen atoms in total. The highest BCUT2D eigenvalue weighted by molar-refractivity contribution is 7.99. The van der Waals surface area contributed by atoms with Crippen molar-refractivity contribution in [3.05, 3.63) is 30.0 Å². The lowest BCUT2D eigenvalue weighted by Crippen LogP contribution is -1.67. The molecule has 1 rings (SSSR count). The van der Waals surface area contributed by atoms with Crippen molar-refractivity contribution in [3.8, 4) is 0 Å². The number of hydrogen-bond acceptors (Lipinski definition) is 2. The predicted octanol–water partition coefficient (Wildman–Crippen LogP) is 3.26. The van der Waals surface area contributed by atoms with Gasteiger partial charge in [-0.15, -0.1) is 0 Å². The summed E-state index contributed by atoms with van der Waals surface area (Å²) in [5, 5.41) is 1.00. The van der Waals surface area contributed by atoms with Gasteiger partial charge >= 0.3 is 0 Å². The maximum atomic E-state index is 5.36. The topological polar surface area (TPSA) is 13.1 Å². The Bertz CT molecular complexity index is 237. The van der Waals surface area contributed by atoms with Crippen LogP contribution in [-0.2, 0) is 0 Å². The standard InChI is InChI=1S/C9H12OS/c1-3-4-7-11-9-6-5-8(2)10-9/h3-6H,7H2,1-2H3/b4-3+. The van der Waals surface area contributed by atoms with Crippen LogP contribution in [0.2, 0.25) is 0 Å². The van der Waals surface area contributed by atoms with Crippen molar-refractivity contribution >= 4 is 11.8 Å². The first kappa shape index (κ1) is 8.47. The van der Waals surface area contributed by atoms with Gasteiger partial charge in [0.15, 0.2) is 5.09 Å². The highest BCUT2D eigenvalue weighted by Gasteiger charge is 1.95. The van der Waals surface area contributed by atoms with Crippen LogP contribution >= 0.6 is 11.8 Å². The summed E-state index contributed by atoms with van der Waals surface area (Å²) in [5.74, 6) is 1.97. The Labute approximate surface area is 71.5 Å². The van der Waals surface area contributed by atoms with E-state index in [0.29, 0.717) is 0 Å². The van der Waals surface area contributed by atoms with Gasteiger partial charge in [0.2, 0.25) is 0 Å². The van der Waals surface area contributed by atoms with Crippen molar-refractivity contribution in [3.63, 3.8) is 0 Å². The molecule has 2 heteroatoms. The summed E-state index contributed by atoms with van der Waals surface area (Å²) < 4.78 is 5.36. The lowest BCUT2D eigenvalue weighted by Gasteiger charge is -1.89. The molecule has 1 aromatic heterocycles. The van der Waals surface area contributed by atoms with E-state index in [1.54, 1.807) is 11.8 Å². The quantitative estimate of drug-likeness (QED) is 0.507. The van der Waals surface area contributed by atoms with E-state index >= 15 is 0 Å². The van der Waals surface area contributed by atoms with Crippen molar-refractivity contribution in [2.24, 2.45) is 0 Å². The van der Waals surface area contributed by atoms with Crippen molar-refractivity contribution in [1.82, 2.24) is 0 Å². The molecule has 0 fully saturated rings. The van der Waals surface area contributed by atoms with Gasteiger partial charge in [0.05, 0.1) is 0 Å². The van der Waals surface area contributed by atoms with Crippen LogP contribution in [0.15, 0.2) is 33.8 Å². The largest absolute Gasteiger partial charge is 0.455 e. The fraction of sp³-hybridized carbons (Fsp3) is 0.333. The summed E-state index contributed by atoms with van der Waals surface area (Å²) >= 11 is 1.71. The van der Waals surface area contributed by atoms with Gasteiger partial charge in [-0.25, -0.2) is 0 Å². The Morgan fingerprint density at radius 1 is 1.55 bits per heavy atom. The van der Waals surface area contributed by atoms with Crippen molar-refractivity contribution < 1.29 is 4.42 Å². The van der Waals surface area contributed by atoms with Crippen LogP contribution in [0, 0.1) is 6.92 Å². The Balaban J connectivity index is 2.38. The van der Waals surface area contributed by atoms with E-state index in [4.69, 9.17) is 4.42 Å². The molecule has 0 N–H and O–H groups in total. The summed E-state index contributed by atoms with van der Waals surface area (Å²) in [6.07, 6.45) is 4.16. The van der Waals surface area contributed by atoms with Crippen molar-refractivity contribution in [2.45, 2.75) is 18.9 Å². The Hall–Kier alpha value is -0.630. The summed E-state index contributed by atoms with van der Waals surface area (Å²) in [5.41, 5.74) is 0. The summed E-state index contributed by atoms with van der Waals surface area (Å²) in [6, 6.07) is 3.99. The molecular weight excluding hydrogens is 156 g/mol. The minimum Gasteiger partial charge on any atom is -0.455 e.